The molecular formula is C17H19F2N. The zero-order chi connectivity index (χ0) is 14.5. The SMILES string of the molecule is CNC(Cc1cccc(F)c1)Cc1cc(F)ccc1C. The monoisotopic (exact) mass is 275 g/mol. The Kier molecular flexibility index (Phi) is 4.85. The van der Waals surface area contributed by atoms with Gasteiger partial charge in [0.25, 0.3) is 0 Å². The van der Waals surface area contributed by atoms with Crippen molar-refractivity contribution in [3.63, 3.8) is 0 Å². The Labute approximate surface area is 118 Å². The molecule has 0 aromatic heterocycles. The van der Waals surface area contributed by atoms with Crippen molar-refractivity contribution >= 4 is 0 Å². The minimum absolute atomic E-state index is 0.150. The van der Waals surface area contributed by atoms with Crippen molar-refractivity contribution in [3.05, 3.63) is 70.8 Å². The molecule has 2 aromatic carbocycles. The topological polar surface area (TPSA) is 12.0 Å². The fourth-order valence-electron chi connectivity index (χ4n) is 2.35. The Bertz CT molecular complexity index is 581. The van der Waals surface area contributed by atoms with Crippen LogP contribution in [0.4, 0.5) is 8.78 Å². The van der Waals surface area contributed by atoms with E-state index in [-0.39, 0.29) is 17.7 Å². The Morgan fingerprint density at radius 1 is 1.00 bits per heavy atom. The molecule has 1 atom stereocenters. The van der Waals surface area contributed by atoms with Crippen molar-refractivity contribution in [1.82, 2.24) is 5.32 Å². The number of likely N-dealkylation sites (N-methyl/N-ethyl adjacent to an activating group) is 1. The standard InChI is InChI=1S/C17H19F2N/c1-12-6-7-16(19)10-14(12)11-17(20-2)9-13-4-3-5-15(18)8-13/h3-8,10,17,20H,9,11H2,1-2H3. The van der Waals surface area contributed by atoms with E-state index in [0.717, 1.165) is 23.1 Å². The van der Waals surface area contributed by atoms with Gasteiger partial charge in [0.2, 0.25) is 0 Å². The zero-order valence-corrected chi connectivity index (χ0v) is 11.8. The van der Waals surface area contributed by atoms with E-state index in [9.17, 15) is 8.78 Å². The van der Waals surface area contributed by atoms with Gasteiger partial charge in [-0.3, -0.25) is 0 Å². The normalized spacial score (nSPS) is 12.4. The highest BCUT2D eigenvalue weighted by Gasteiger charge is 2.11. The Morgan fingerprint density at radius 3 is 2.45 bits per heavy atom. The second-order valence-electron chi connectivity index (χ2n) is 5.09. The molecule has 0 aliphatic carbocycles. The van der Waals surface area contributed by atoms with Gasteiger partial charge in [0.05, 0.1) is 0 Å². The van der Waals surface area contributed by atoms with Crippen molar-refractivity contribution in [2.24, 2.45) is 0 Å². The third-order valence-corrected chi connectivity index (χ3v) is 3.56. The largest absolute Gasteiger partial charge is 0.316 e. The van der Waals surface area contributed by atoms with E-state index in [4.69, 9.17) is 0 Å². The molecule has 0 heterocycles. The predicted molar refractivity (Wildman–Crippen MR) is 77.8 cm³/mol. The summed E-state index contributed by atoms with van der Waals surface area (Å²) in [5.74, 6) is -0.439. The molecule has 0 fully saturated rings. The first-order chi connectivity index (χ1) is 9.58. The van der Waals surface area contributed by atoms with Crippen LogP contribution in [0.25, 0.3) is 0 Å². The van der Waals surface area contributed by atoms with Crippen LogP contribution in [0.3, 0.4) is 0 Å². The van der Waals surface area contributed by atoms with E-state index in [0.29, 0.717) is 6.42 Å². The summed E-state index contributed by atoms with van der Waals surface area (Å²) in [6.45, 7) is 1.98. The maximum absolute atomic E-state index is 13.3. The first-order valence-electron chi connectivity index (χ1n) is 6.75. The number of benzene rings is 2. The molecule has 0 aliphatic heterocycles. The van der Waals surface area contributed by atoms with Crippen LogP contribution in [0.5, 0.6) is 0 Å². The molecule has 1 nitrogen and oxygen atoms in total. The van der Waals surface area contributed by atoms with Crippen molar-refractivity contribution in [2.75, 3.05) is 7.05 Å². The Morgan fingerprint density at radius 2 is 1.75 bits per heavy atom. The molecule has 2 aromatic rings. The van der Waals surface area contributed by atoms with E-state index in [2.05, 4.69) is 5.32 Å². The number of halogens is 2. The van der Waals surface area contributed by atoms with Gasteiger partial charge in [-0.15, -0.1) is 0 Å². The molecule has 1 N–H and O–H groups in total. The average molecular weight is 275 g/mol. The number of hydrogen-bond acceptors (Lipinski definition) is 1. The number of hydrogen-bond donors (Lipinski definition) is 1. The van der Waals surface area contributed by atoms with Gasteiger partial charge in [0.1, 0.15) is 11.6 Å². The van der Waals surface area contributed by atoms with Crippen LogP contribution in [0.2, 0.25) is 0 Å². The summed E-state index contributed by atoms with van der Waals surface area (Å²) in [6.07, 6.45) is 1.43. The molecule has 0 spiro atoms. The molecule has 2 rings (SSSR count). The lowest BCUT2D eigenvalue weighted by molar-refractivity contribution is 0.548. The second-order valence-corrected chi connectivity index (χ2v) is 5.09. The molecule has 0 radical (unpaired) electrons. The fraction of sp³-hybridized carbons (Fsp3) is 0.294. The van der Waals surface area contributed by atoms with Crippen LogP contribution >= 0.6 is 0 Å². The minimum Gasteiger partial charge on any atom is -0.316 e. The molecule has 3 heteroatoms. The van der Waals surface area contributed by atoms with Crippen LogP contribution in [0.15, 0.2) is 42.5 Å². The second kappa shape index (κ2) is 6.62. The summed E-state index contributed by atoms with van der Waals surface area (Å²) in [7, 11) is 1.87. The lowest BCUT2D eigenvalue weighted by Crippen LogP contribution is -2.30. The summed E-state index contributed by atoms with van der Waals surface area (Å²) in [5.41, 5.74) is 3.00. The molecule has 0 aliphatic rings. The lowest BCUT2D eigenvalue weighted by Gasteiger charge is -2.18. The number of nitrogens with one attached hydrogen (secondary N) is 1. The third-order valence-electron chi connectivity index (χ3n) is 3.56. The van der Waals surface area contributed by atoms with Gasteiger partial charge in [-0.25, -0.2) is 8.78 Å². The van der Waals surface area contributed by atoms with Gasteiger partial charge >= 0.3 is 0 Å². The van der Waals surface area contributed by atoms with Crippen LogP contribution in [0, 0.1) is 18.6 Å². The number of rotatable bonds is 5. The molecule has 0 saturated carbocycles. The van der Waals surface area contributed by atoms with Crippen molar-refractivity contribution in [2.45, 2.75) is 25.8 Å². The molecule has 0 saturated heterocycles. The van der Waals surface area contributed by atoms with Crippen molar-refractivity contribution in [3.8, 4) is 0 Å². The highest BCUT2D eigenvalue weighted by atomic mass is 19.1. The van der Waals surface area contributed by atoms with Gasteiger partial charge in [-0.2, -0.15) is 0 Å². The summed E-state index contributed by atoms with van der Waals surface area (Å²) in [6, 6.07) is 11.6. The van der Waals surface area contributed by atoms with Crippen LogP contribution in [-0.2, 0) is 12.8 Å². The molecule has 1 unspecified atom stereocenters. The van der Waals surface area contributed by atoms with E-state index >= 15 is 0 Å². The molecule has 20 heavy (non-hydrogen) atoms. The maximum Gasteiger partial charge on any atom is 0.123 e. The van der Waals surface area contributed by atoms with E-state index in [1.54, 1.807) is 24.3 Å². The van der Waals surface area contributed by atoms with Crippen LogP contribution < -0.4 is 5.32 Å². The van der Waals surface area contributed by atoms with Gasteiger partial charge in [0.15, 0.2) is 0 Å². The fourth-order valence-corrected chi connectivity index (χ4v) is 2.35. The summed E-state index contributed by atoms with van der Waals surface area (Å²) >= 11 is 0. The summed E-state index contributed by atoms with van der Waals surface area (Å²) in [4.78, 5) is 0. The van der Waals surface area contributed by atoms with E-state index < -0.39 is 0 Å². The first kappa shape index (κ1) is 14.7. The highest BCUT2D eigenvalue weighted by Crippen LogP contribution is 2.15. The molecule has 0 amide bonds. The van der Waals surface area contributed by atoms with E-state index in [1.165, 1.54) is 12.1 Å². The van der Waals surface area contributed by atoms with Crippen LogP contribution in [-0.4, -0.2) is 13.1 Å². The maximum atomic E-state index is 13.3. The van der Waals surface area contributed by atoms with Gasteiger partial charge < -0.3 is 5.32 Å². The summed E-state index contributed by atoms with van der Waals surface area (Å²) < 4.78 is 26.5. The van der Waals surface area contributed by atoms with E-state index in [1.807, 2.05) is 20.0 Å². The van der Waals surface area contributed by atoms with Gasteiger partial charge in [-0.1, -0.05) is 18.2 Å². The highest BCUT2D eigenvalue weighted by molar-refractivity contribution is 5.28. The third kappa shape index (κ3) is 3.87. The predicted octanol–water partition coefficient (Wildman–Crippen LogP) is 3.65. The first-order valence-corrected chi connectivity index (χ1v) is 6.75. The average Bonchev–Trinajstić information content (AvgIpc) is 2.42. The lowest BCUT2D eigenvalue weighted by atomic mass is 9.96. The zero-order valence-electron chi connectivity index (χ0n) is 11.8. The number of aryl methyl sites for hydroxylation is 1. The Hall–Kier alpha value is -1.74. The minimum atomic E-state index is -0.223. The molecular weight excluding hydrogens is 256 g/mol. The summed E-state index contributed by atoms with van der Waals surface area (Å²) in [5, 5.41) is 3.22. The van der Waals surface area contributed by atoms with Crippen molar-refractivity contribution in [1.29, 1.82) is 0 Å². The quantitative estimate of drug-likeness (QED) is 0.878. The van der Waals surface area contributed by atoms with Crippen LogP contribution in [0.1, 0.15) is 16.7 Å². The Balaban J connectivity index is 2.11. The van der Waals surface area contributed by atoms with Crippen molar-refractivity contribution < 1.29 is 8.78 Å². The van der Waals surface area contributed by atoms with Gasteiger partial charge in [-0.05, 0) is 67.8 Å². The van der Waals surface area contributed by atoms with Gasteiger partial charge in [0, 0.05) is 6.04 Å². The molecule has 0 bridgehead atoms. The smallest absolute Gasteiger partial charge is 0.123 e. The molecule has 106 valence electrons.